The summed E-state index contributed by atoms with van der Waals surface area (Å²) in [7, 11) is 0. The molecule has 0 bridgehead atoms. The molecule has 102 valence electrons. The van der Waals surface area contributed by atoms with Crippen LogP contribution in [0.4, 0.5) is 0 Å². The van der Waals surface area contributed by atoms with Gasteiger partial charge in [0.1, 0.15) is 5.75 Å². The van der Waals surface area contributed by atoms with E-state index in [0.717, 1.165) is 17.7 Å². The van der Waals surface area contributed by atoms with E-state index in [1.54, 1.807) is 0 Å². The number of rotatable bonds is 6. The summed E-state index contributed by atoms with van der Waals surface area (Å²) < 4.78 is 5.91. The molecular weight excluding hydrogens is 288 g/mol. The molecule has 0 heterocycles. The summed E-state index contributed by atoms with van der Waals surface area (Å²) >= 11 is 3.56. The number of ether oxygens (including phenoxy) is 1. The van der Waals surface area contributed by atoms with Crippen LogP contribution < -0.4 is 4.74 Å². The Morgan fingerprint density at radius 3 is 2.28 bits per heavy atom. The predicted molar refractivity (Wildman–Crippen MR) is 82.9 cm³/mol. The van der Waals surface area contributed by atoms with Gasteiger partial charge < -0.3 is 4.74 Å². The van der Waals surface area contributed by atoms with Gasteiger partial charge in [-0.3, -0.25) is 0 Å². The number of benzene rings is 1. The van der Waals surface area contributed by atoms with Gasteiger partial charge in [0, 0.05) is 11.2 Å². The van der Waals surface area contributed by atoms with Gasteiger partial charge in [0.2, 0.25) is 0 Å². The first-order valence-corrected chi connectivity index (χ1v) is 7.87. The van der Waals surface area contributed by atoms with E-state index in [4.69, 9.17) is 4.74 Å². The van der Waals surface area contributed by atoms with Gasteiger partial charge in [0.15, 0.2) is 0 Å². The van der Waals surface area contributed by atoms with Gasteiger partial charge in [-0.25, -0.2) is 0 Å². The first-order chi connectivity index (χ1) is 8.45. The molecule has 2 heteroatoms. The largest absolute Gasteiger partial charge is 0.493 e. The van der Waals surface area contributed by atoms with E-state index in [0.29, 0.717) is 17.8 Å². The second-order valence-electron chi connectivity index (χ2n) is 5.64. The summed E-state index contributed by atoms with van der Waals surface area (Å²) in [6.45, 7) is 11.9. The number of hydrogen-bond acceptors (Lipinski definition) is 1. The van der Waals surface area contributed by atoms with E-state index in [-0.39, 0.29) is 0 Å². The minimum Gasteiger partial charge on any atom is -0.493 e. The molecule has 1 aromatic rings. The third-order valence-electron chi connectivity index (χ3n) is 3.47. The summed E-state index contributed by atoms with van der Waals surface area (Å²) in [4.78, 5) is 0. The first-order valence-electron chi connectivity index (χ1n) is 6.75. The van der Waals surface area contributed by atoms with Crippen molar-refractivity contribution in [1.29, 1.82) is 0 Å². The fourth-order valence-corrected chi connectivity index (χ4v) is 2.94. The van der Waals surface area contributed by atoms with Gasteiger partial charge in [-0.2, -0.15) is 0 Å². The van der Waals surface area contributed by atoms with Gasteiger partial charge in [0.05, 0.1) is 6.61 Å². The molecule has 0 aliphatic heterocycles. The van der Waals surface area contributed by atoms with E-state index in [9.17, 15) is 0 Å². The first kappa shape index (κ1) is 15.6. The Balaban J connectivity index is 2.66. The molecule has 0 saturated heterocycles. The Kier molecular flexibility index (Phi) is 6.20. The van der Waals surface area contributed by atoms with Gasteiger partial charge >= 0.3 is 0 Å². The van der Waals surface area contributed by atoms with Gasteiger partial charge in [-0.1, -0.05) is 49.7 Å². The zero-order chi connectivity index (χ0) is 13.7. The molecule has 0 N–H and O–H groups in total. The molecule has 0 aliphatic carbocycles. The number of halogens is 1. The maximum atomic E-state index is 5.91. The van der Waals surface area contributed by atoms with Crippen molar-refractivity contribution in [2.75, 3.05) is 11.9 Å². The predicted octanol–water partition coefficient (Wildman–Crippen LogP) is 5.16. The van der Waals surface area contributed by atoms with Crippen LogP contribution in [0.3, 0.4) is 0 Å². The average molecular weight is 313 g/mol. The number of alkyl halides is 1. The highest BCUT2D eigenvalue weighted by Gasteiger charge is 2.13. The van der Waals surface area contributed by atoms with E-state index >= 15 is 0 Å². The minimum atomic E-state index is 0.565. The average Bonchev–Trinajstić information content (AvgIpc) is 2.28. The monoisotopic (exact) mass is 312 g/mol. The van der Waals surface area contributed by atoms with Crippen molar-refractivity contribution in [3.63, 3.8) is 0 Å². The van der Waals surface area contributed by atoms with Crippen molar-refractivity contribution in [1.82, 2.24) is 0 Å². The molecule has 0 spiro atoms. The maximum Gasteiger partial charge on any atom is 0.119 e. The third kappa shape index (κ3) is 4.31. The highest BCUT2D eigenvalue weighted by Crippen LogP contribution is 2.24. The molecule has 1 atom stereocenters. The fraction of sp³-hybridized carbons (Fsp3) is 0.625. The second-order valence-corrected chi connectivity index (χ2v) is 6.29. The van der Waals surface area contributed by atoms with Crippen LogP contribution in [0.15, 0.2) is 18.2 Å². The molecule has 1 unspecified atom stereocenters. The maximum absolute atomic E-state index is 5.91. The van der Waals surface area contributed by atoms with E-state index < -0.39 is 0 Å². The van der Waals surface area contributed by atoms with E-state index in [1.807, 2.05) is 0 Å². The van der Waals surface area contributed by atoms with Crippen molar-refractivity contribution >= 4 is 15.9 Å². The van der Waals surface area contributed by atoms with Gasteiger partial charge in [-0.15, -0.1) is 0 Å². The Labute approximate surface area is 120 Å². The highest BCUT2D eigenvalue weighted by molar-refractivity contribution is 9.09. The molecule has 0 fully saturated rings. The van der Waals surface area contributed by atoms with Crippen LogP contribution in [0.1, 0.15) is 44.7 Å². The van der Waals surface area contributed by atoms with Crippen molar-refractivity contribution in [3.05, 3.63) is 29.3 Å². The lowest BCUT2D eigenvalue weighted by atomic mass is 9.98. The molecule has 1 nitrogen and oxygen atoms in total. The molecular formula is C16H25BrO. The summed E-state index contributed by atoms with van der Waals surface area (Å²) in [5.41, 5.74) is 2.73. The quantitative estimate of drug-likeness (QED) is 0.659. The second kappa shape index (κ2) is 7.18. The normalized spacial score (nSPS) is 13.1. The smallest absolute Gasteiger partial charge is 0.119 e. The van der Waals surface area contributed by atoms with Crippen LogP contribution in [0.2, 0.25) is 0 Å². The van der Waals surface area contributed by atoms with Crippen LogP contribution >= 0.6 is 15.9 Å². The Bertz CT molecular complexity index is 371. The standard InChI is InChI=1S/C16H25BrO/c1-11(2)14(9-17)10-18-15-6-7-16(12(3)4)13(5)8-15/h6-8,11-12,14H,9-10H2,1-5H3. The van der Waals surface area contributed by atoms with E-state index in [2.05, 4.69) is 68.7 Å². The topological polar surface area (TPSA) is 9.23 Å². The third-order valence-corrected chi connectivity index (χ3v) is 4.30. The SMILES string of the molecule is Cc1cc(OCC(CBr)C(C)C)ccc1C(C)C. The van der Waals surface area contributed by atoms with Gasteiger partial charge in [0.25, 0.3) is 0 Å². The van der Waals surface area contributed by atoms with Gasteiger partial charge in [-0.05, 0) is 42.0 Å². The van der Waals surface area contributed by atoms with Crippen LogP contribution in [0.25, 0.3) is 0 Å². The molecule has 1 rings (SSSR count). The lowest BCUT2D eigenvalue weighted by Crippen LogP contribution is -2.19. The lowest BCUT2D eigenvalue weighted by Gasteiger charge is -2.19. The Morgan fingerprint density at radius 2 is 1.83 bits per heavy atom. The summed E-state index contributed by atoms with van der Waals surface area (Å²) in [6.07, 6.45) is 0. The van der Waals surface area contributed by atoms with Crippen molar-refractivity contribution < 1.29 is 4.74 Å². The van der Waals surface area contributed by atoms with E-state index in [1.165, 1.54) is 11.1 Å². The summed E-state index contributed by atoms with van der Waals surface area (Å²) in [5, 5.41) is 0.994. The minimum absolute atomic E-state index is 0.565. The summed E-state index contributed by atoms with van der Waals surface area (Å²) in [5.74, 6) is 2.77. The zero-order valence-electron chi connectivity index (χ0n) is 12.2. The molecule has 0 aliphatic rings. The van der Waals surface area contributed by atoms with Crippen LogP contribution in [-0.4, -0.2) is 11.9 Å². The Morgan fingerprint density at radius 1 is 1.17 bits per heavy atom. The molecule has 0 saturated carbocycles. The lowest BCUT2D eigenvalue weighted by molar-refractivity contribution is 0.227. The zero-order valence-corrected chi connectivity index (χ0v) is 13.8. The van der Waals surface area contributed by atoms with Crippen LogP contribution in [-0.2, 0) is 0 Å². The van der Waals surface area contributed by atoms with Crippen molar-refractivity contribution in [2.45, 2.75) is 40.5 Å². The molecule has 0 radical (unpaired) electrons. The Hall–Kier alpha value is -0.500. The molecule has 1 aromatic carbocycles. The van der Waals surface area contributed by atoms with Crippen LogP contribution in [0.5, 0.6) is 5.75 Å². The molecule has 0 amide bonds. The summed E-state index contributed by atoms with van der Waals surface area (Å²) in [6, 6.07) is 6.43. The van der Waals surface area contributed by atoms with Crippen molar-refractivity contribution in [3.8, 4) is 5.75 Å². The number of aryl methyl sites for hydroxylation is 1. The molecule has 18 heavy (non-hydrogen) atoms. The fourth-order valence-electron chi connectivity index (χ4n) is 2.00. The van der Waals surface area contributed by atoms with Crippen molar-refractivity contribution in [2.24, 2.45) is 11.8 Å². The van der Waals surface area contributed by atoms with Crippen LogP contribution in [0, 0.1) is 18.8 Å². The molecule has 0 aromatic heterocycles. The number of hydrogen-bond donors (Lipinski definition) is 0. The highest BCUT2D eigenvalue weighted by atomic mass is 79.9.